The lowest BCUT2D eigenvalue weighted by Crippen LogP contribution is -2.26. The zero-order valence-electron chi connectivity index (χ0n) is 11.3. The smallest absolute Gasteiger partial charge is 0.328 e. The van der Waals surface area contributed by atoms with E-state index in [4.69, 9.17) is 5.73 Å². The molecule has 0 aliphatic heterocycles. The van der Waals surface area contributed by atoms with Crippen LogP contribution in [0.4, 0.5) is 5.82 Å². The summed E-state index contributed by atoms with van der Waals surface area (Å²) in [5.74, 6) is 1.02. The van der Waals surface area contributed by atoms with Crippen molar-refractivity contribution in [3.63, 3.8) is 0 Å². The average molecular weight is 289 g/mol. The number of rotatable bonds is 3. The second-order valence-corrected chi connectivity index (χ2v) is 5.77. The molecule has 0 spiro atoms. The number of thiophene rings is 1. The Morgan fingerprint density at radius 3 is 2.85 bits per heavy atom. The standard InChI is InChI=1S/C13H15N5OS/c1-8(2)18-5-4-17(13(18)19)7-10-15-11(14)9-3-6-20-12(9)16-10/h3-6,8H,7H2,1-2H3,(H2,14,15,16). The number of anilines is 1. The third-order valence-electron chi connectivity index (χ3n) is 3.14. The maximum absolute atomic E-state index is 12.2. The zero-order valence-corrected chi connectivity index (χ0v) is 12.1. The molecule has 0 aromatic carbocycles. The van der Waals surface area contributed by atoms with Crippen molar-refractivity contribution in [3.8, 4) is 0 Å². The predicted octanol–water partition coefficient (Wildman–Crippen LogP) is 1.87. The van der Waals surface area contributed by atoms with Crippen LogP contribution in [0.5, 0.6) is 0 Å². The molecule has 2 N–H and O–H groups in total. The van der Waals surface area contributed by atoms with Crippen molar-refractivity contribution in [1.82, 2.24) is 19.1 Å². The molecule has 7 heteroatoms. The summed E-state index contributed by atoms with van der Waals surface area (Å²) < 4.78 is 3.27. The lowest BCUT2D eigenvalue weighted by atomic mass is 10.4. The van der Waals surface area contributed by atoms with E-state index in [-0.39, 0.29) is 11.7 Å². The van der Waals surface area contributed by atoms with E-state index in [0.29, 0.717) is 18.2 Å². The number of aromatic nitrogens is 4. The van der Waals surface area contributed by atoms with Gasteiger partial charge in [0.2, 0.25) is 0 Å². The summed E-state index contributed by atoms with van der Waals surface area (Å²) in [6.07, 6.45) is 3.53. The summed E-state index contributed by atoms with van der Waals surface area (Å²) in [7, 11) is 0. The van der Waals surface area contributed by atoms with Gasteiger partial charge in [0.1, 0.15) is 10.6 Å². The van der Waals surface area contributed by atoms with E-state index >= 15 is 0 Å². The van der Waals surface area contributed by atoms with Crippen molar-refractivity contribution < 1.29 is 0 Å². The van der Waals surface area contributed by atoms with Crippen LogP contribution in [-0.4, -0.2) is 19.1 Å². The molecule has 0 bridgehead atoms. The van der Waals surface area contributed by atoms with Crippen LogP contribution >= 0.6 is 11.3 Å². The minimum absolute atomic E-state index is 0.0616. The van der Waals surface area contributed by atoms with Gasteiger partial charge in [-0.25, -0.2) is 14.8 Å². The summed E-state index contributed by atoms with van der Waals surface area (Å²) in [6, 6.07) is 2.04. The van der Waals surface area contributed by atoms with Crippen LogP contribution in [0.25, 0.3) is 10.2 Å². The van der Waals surface area contributed by atoms with Crippen LogP contribution < -0.4 is 11.4 Å². The van der Waals surface area contributed by atoms with Crippen LogP contribution in [0.1, 0.15) is 25.7 Å². The zero-order chi connectivity index (χ0) is 14.3. The lowest BCUT2D eigenvalue weighted by Gasteiger charge is -2.05. The number of hydrogen-bond donors (Lipinski definition) is 1. The maximum Gasteiger partial charge on any atom is 0.328 e. The third-order valence-corrected chi connectivity index (χ3v) is 3.95. The summed E-state index contributed by atoms with van der Waals surface area (Å²) in [6.45, 7) is 4.27. The molecule has 0 radical (unpaired) electrons. The van der Waals surface area contributed by atoms with Crippen LogP contribution in [-0.2, 0) is 6.54 Å². The second-order valence-electron chi connectivity index (χ2n) is 4.87. The first kappa shape index (κ1) is 12.9. The van der Waals surface area contributed by atoms with E-state index in [1.807, 2.05) is 25.3 Å². The molecule has 0 aliphatic carbocycles. The first-order chi connectivity index (χ1) is 9.56. The Labute approximate surface area is 119 Å². The fourth-order valence-electron chi connectivity index (χ4n) is 2.09. The highest BCUT2D eigenvalue weighted by molar-refractivity contribution is 7.16. The topological polar surface area (TPSA) is 78.7 Å². The molecule has 0 aliphatic rings. The van der Waals surface area contributed by atoms with Crippen molar-refractivity contribution in [2.24, 2.45) is 0 Å². The minimum atomic E-state index is -0.0616. The Bertz CT molecular complexity index is 814. The van der Waals surface area contributed by atoms with Crippen molar-refractivity contribution >= 4 is 27.4 Å². The SMILES string of the molecule is CC(C)n1ccn(Cc2nc(N)c3ccsc3n2)c1=O. The number of nitrogens with two attached hydrogens (primary N) is 1. The minimum Gasteiger partial charge on any atom is -0.383 e. The van der Waals surface area contributed by atoms with Crippen molar-refractivity contribution in [2.45, 2.75) is 26.4 Å². The summed E-state index contributed by atoms with van der Waals surface area (Å²) in [5, 5.41) is 2.80. The monoisotopic (exact) mass is 289 g/mol. The van der Waals surface area contributed by atoms with Gasteiger partial charge in [0, 0.05) is 18.4 Å². The predicted molar refractivity (Wildman–Crippen MR) is 80.0 cm³/mol. The van der Waals surface area contributed by atoms with Crippen LogP contribution in [0.3, 0.4) is 0 Å². The van der Waals surface area contributed by atoms with Crippen LogP contribution in [0.2, 0.25) is 0 Å². The summed E-state index contributed by atoms with van der Waals surface area (Å²) in [5.41, 5.74) is 5.85. The van der Waals surface area contributed by atoms with Gasteiger partial charge in [0.05, 0.1) is 11.9 Å². The van der Waals surface area contributed by atoms with Gasteiger partial charge in [-0.3, -0.25) is 9.13 Å². The molecule has 0 fully saturated rings. The van der Waals surface area contributed by atoms with Gasteiger partial charge in [-0.05, 0) is 25.3 Å². The van der Waals surface area contributed by atoms with Crippen LogP contribution in [0.15, 0.2) is 28.6 Å². The normalized spacial score (nSPS) is 11.6. The lowest BCUT2D eigenvalue weighted by molar-refractivity contribution is 0.558. The van der Waals surface area contributed by atoms with E-state index in [1.165, 1.54) is 11.3 Å². The van der Waals surface area contributed by atoms with Gasteiger partial charge in [0.25, 0.3) is 0 Å². The number of imidazole rings is 1. The molecule has 3 rings (SSSR count). The molecule has 6 nitrogen and oxygen atoms in total. The molecule has 0 saturated carbocycles. The Morgan fingerprint density at radius 1 is 1.35 bits per heavy atom. The molecular weight excluding hydrogens is 274 g/mol. The molecular formula is C13H15N5OS. The maximum atomic E-state index is 12.2. The molecule has 0 saturated heterocycles. The van der Waals surface area contributed by atoms with E-state index in [0.717, 1.165) is 10.2 Å². The quantitative estimate of drug-likeness (QED) is 0.798. The summed E-state index contributed by atoms with van der Waals surface area (Å²) in [4.78, 5) is 21.7. The molecule has 104 valence electrons. The van der Waals surface area contributed by atoms with Crippen molar-refractivity contribution in [2.75, 3.05) is 5.73 Å². The first-order valence-corrected chi connectivity index (χ1v) is 7.21. The van der Waals surface area contributed by atoms with Gasteiger partial charge < -0.3 is 5.73 Å². The van der Waals surface area contributed by atoms with Gasteiger partial charge in [-0.1, -0.05) is 0 Å². The van der Waals surface area contributed by atoms with Crippen LogP contribution in [0, 0.1) is 0 Å². The highest BCUT2D eigenvalue weighted by Gasteiger charge is 2.10. The number of fused-ring (bicyclic) bond motifs is 1. The highest BCUT2D eigenvalue weighted by atomic mass is 32.1. The Morgan fingerprint density at radius 2 is 2.15 bits per heavy atom. The number of nitrogens with zero attached hydrogens (tertiary/aromatic N) is 4. The molecule has 3 aromatic heterocycles. The van der Waals surface area contributed by atoms with Gasteiger partial charge in [-0.2, -0.15) is 0 Å². The Kier molecular flexibility index (Phi) is 3.06. The highest BCUT2D eigenvalue weighted by Crippen LogP contribution is 2.22. The van der Waals surface area contributed by atoms with Gasteiger partial charge in [-0.15, -0.1) is 11.3 Å². The number of nitrogen functional groups attached to an aromatic ring is 1. The van der Waals surface area contributed by atoms with E-state index in [1.54, 1.807) is 21.5 Å². The summed E-state index contributed by atoms with van der Waals surface area (Å²) >= 11 is 1.52. The van der Waals surface area contributed by atoms with Crippen molar-refractivity contribution in [3.05, 3.63) is 40.1 Å². The van der Waals surface area contributed by atoms with E-state index in [9.17, 15) is 4.79 Å². The Balaban J connectivity index is 1.99. The fourth-order valence-corrected chi connectivity index (χ4v) is 2.88. The fraction of sp³-hybridized carbons (Fsp3) is 0.308. The molecule has 20 heavy (non-hydrogen) atoms. The van der Waals surface area contributed by atoms with Gasteiger partial charge in [0.15, 0.2) is 5.82 Å². The molecule has 3 aromatic rings. The van der Waals surface area contributed by atoms with Gasteiger partial charge >= 0.3 is 5.69 Å². The Hall–Kier alpha value is -2.15. The molecule has 0 atom stereocenters. The molecule has 3 heterocycles. The molecule has 0 amide bonds. The average Bonchev–Trinajstić information content (AvgIpc) is 2.97. The van der Waals surface area contributed by atoms with E-state index < -0.39 is 0 Å². The number of hydrogen-bond acceptors (Lipinski definition) is 5. The van der Waals surface area contributed by atoms with E-state index in [2.05, 4.69) is 9.97 Å². The second kappa shape index (κ2) is 4.75. The third kappa shape index (κ3) is 2.09. The first-order valence-electron chi connectivity index (χ1n) is 6.33. The van der Waals surface area contributed by atoms with Crippen molar-refractivity contribution in [1.29, 1.82) is 0 Å². The molecule has 0 unspecified atom stereocenters. The largest absolute Gasteiger partial charge is 0.383 e.